The molecule has 2 heteroatoms. The normalized spacial score (nSPS) is 22.1. The van der Waals surface area contributed by atoms with E-state index in [9.17, 15) is 5.11 Å². The lowest BCUT2D eigenvalue weighted by atomic mass is 9.96. The molecule has 1 aromatic rings. The highest BCUT2D eigenvalue weighted by molar-refractivity contribution is 7.99. The molecule has 0 spiro atoms. The zero-order valence-corrected chi connectivity index (χ0v) is 9.09. The summed E-state index contributed by atoms with van der Waals surface area (Å²) in [6, 6.07) is 7.66. The van der Waals surface area contributed by atoms with Crippen molar-refractivity contribution in [3.63, 3.8) is 0 Å². The summed E-state index contributed by atoms with van der Waals surface area (Å²) in [5.41, 5.74) is 1.28. The van der Waals surface area contributed by atoms with E-state index >= 15 is 0 Å². The standard InChI is InChI=1S/C12H16OS/c13-12-5-1-3-10(8-12)7-11-4-2-6-14-9-11/h1,3,5,8,11,13H,2,4,6-7,9H2. The van der Waals surface area contributed by atoms with E-state index in [0.717, 1.165) is 12.3 Å². The molecule has 1 saturated heterocycles. The average molecular weight is 208 g/mol. The fraction of sp³-hybridized carbons (Fsp3) is 0.500. The zero-order chi connectivity index (χ0) is 9.80. The first-order valence-electron chi connectivity index (χ1n) is 5.20. The molecule has 1 atom stereocenters. The lowest BCUT2D eigenvalue weighted by Crippen LogP contribution is -2.12. The largest absolute Gasteiger partial charge is 0.508 e. The van der Waals surface area contributed by atoms with Gasteiger partial charge in [-0.05, 0) is 54.4 Å². The van der Waals surface area contributed by atoms with E-state index < -0.39 is 0 Å². The van der Waals surface area contributed by atoms with Gasteiger partial charge in [-0.2, -0.15) is 11.8 Å². The Balaban J connectivity index is 1.95. The van der Waals surface area contributed by atoms with E-state index in [4.69, 9.17) is 0 Å². The second-order valence-electron chi connectivity index (χ2n) is 3.96. The molecule has 0 amide bonds. The van der Waals surface area contributed by atoms with Crippen molar-refractivity contribution in [3.05, 3.63) is 29.8 Å². The molecular weight excluding hydrogens is 192 g/mol. The van der Waals surface area contributed by atoms with Gasteiger partial charge in [0.2, 0.25) is 0 Å². The predicted molar refractivity (Wildman–Crippen MR) is 61.9 cm³/mol. The Morgan fingerprint density at radius 1 is 1.43 bits per heavy atom. The van der Waals surface area contributed by atoms with Crippen LogP contribution < -0.4 is 0 Å². The highest BCUT2D eigenvalue weighted by atomic mass is 32.2. The number of hydrogen-bond acceptors (Lipinski definition) is 2. The third kappa shape index (κ3) is 2.68. The van der Waals surface area contributed by atoms with Crippen molar-refractivity contribution in [1.29, 1.82) is 0 Å². The maximum atomic E-state index is 9.34. The lowest BCUT2D eigenvalue weighted by molar-refractivity contribution is 0.472. The van der Waals surface area contributed by atoms with Gasteiger partial charge in [0.1, 0.15) is 5.75 Å². The smallest absolute Gasteiger partial charge is 0.115 e. The maximum Gasteiger partial charge on any atom is 0.115 e. The molecule has 1 unspecified atom stereocenters. The number of benzene rings is 1. The van der Waals surface area contributed by atoms with Crippen molar-refractivity contribution >= 4 is 11.8 Å². The van der Waals surface area contributed by atoms with E-state index in [1.54, 1.807) is 6.07 Å². The van der Waals surface area contributed by atoms with Crippen LogP contribution in [-0.4, -0.2) is 16.6 Å². The second-order valence-corrected chi connectivity index (χ2v) is 5.11. The Morgan fingerprint density at radius 3 is 3.07 bits per heavy atom. The fourth-order valence-electron chi connectivity index (χ4n) is 1.99. The van der Waals surface area contributed by atoms with Gasteiger partial charge in [-0.15, -0.1) is 0 Å². The molecule has 14 heavy (non-hydrogen) atoms. The predicted octanol–water partition coefficient (Wildman–Crippen LogP) is 3.08. The number of hydrogen-bond donors (Lipinski definition) is 1. The molecule has 1 aromatic carbocycles. The Morgan fingerprint density at radius 2 is 2.36 bits per heavy atom. The van der Waals surface area contributed by atoms with E-state index in [1.165, 1.54) is 29.9 Å². The number of aromatic hydroxyl groups is 1. The van der Waals surface area contributed by atoms with Crippen molar-refractivity contribution in [2.75, 3.05) is 11.5 Å². The summed E-state index contributed by atoms with van der Waals surface area (Å²) in [5.74, 6) is 3.83. The Labute approximate surface area is 89.5 Å². The highest BCUT2D eigenvalue weighted by Crippen LogP contribution is 2.26. The van der Waals surface area contributed by atoms with Gasteiger partial charge in [0, 0.05) is 0 Å². The summed E-state index contributed by atoms with van der Waals surface area (Å²) in [6.07, 6.45) is 3.83. The van der Waals surface area contributed by atoms with Crippen molar-refractivity contribution < 1.29 is 5.11 Å². The summed E-state index contributed by atoms with van der Waals surface area (Å²) < 4.78 is 0. The average Bonchev–Trinajstić information content (AvgIpc) is 2.19. The molecule has 76 valence electrons. The van der Waals surface area contributed by atoms with Crippen LogP contribution in [0.25, 0.3) is 0 Å². The number of phenols is 1. The molecule has 0 bridgehead atoms. The van der Waals surface area contributed by atoms with Crippen LogP contribution in [0.2, 0.25) is 0 Å². The van der Waals surface area contributed by atoms with Gasteiger partial charge in [0.25, 0.3) is 0 Å². The van der Waals surface area contributed by atoms with Crippen LogP contribution in [0.3, 0.4) is 0 Å². The van der Waals surface area contributed by atoms with E-state index in [-0.39, 0.29) is 0 Å². The van der Waals surface area contributed by atoms with Crippen LogP contribution in [0.5, 0.6) is 5.75 Å². The minimum atomic E-state index is 0.394. The molecule has 0 saturated carbocycles. The minimum Gasteiger partial charge on any atom is -0.508 e. The molecule has 0 aromatic heterocycles. The topological polar surface area (TPSA) is 20.2 Å². The first-order chi connectivity index (χ1) is 6.84. The Kier molecular flexibility index (Phi) is 3.35. The van der Waals surface area contributed by atoms with Crippen molar-refractivity contribution in [1.82, 2.24) is 0 Å². The van der Waals surface area contributed by atoms with Crippen molar-refractivity contribution in [3.8, 4) is 5.75 Å². The molecule has 2 rings (SSSR count). The van der Waals surface area contributed by atoms with Crippen molar-refractivity contribution in [2.24, 2.45) is 5.92 Å². The molecule has 1 nitrogen and oxygen atoms in total. The Hall–Kier alpha value is -0.630. The first-order valence-corrected chi connectivity index (χ1v) is 6.36. The molecular formula is C12H16OS. The summed E-state index contributed by atoms with van der Waals surface area (Å²) in [7, 11) is 0. The number of thioether (sulfide) groups is 1. The molecule has 1 heterocycles. The summed E-state index contributed by atoms with van der Waals surface area (Å²) in [5, 5.41) is 9.34. The van der Waals surface area contributed by atoms with Crippen molar-refractivity contribution in [2.45, 2.75) is 19.3 Å². The fourth-order valence-corrected chi connectivity index (χ4v) is 3.14. The van der Waals surface area contributed by atoms with Gasteiger partial charge >= 0.3 is 0 Å². The molecule has 0 aliphatic carbocycles. The minimum absolute atomic E-state index is 0.394. The highest BCUT2D eigenvalue weighted by Gasteiger charge is 2.14. The third-order valence-electron chi connectivity index (χ3n) is 2.69. The van der Waals surface area contributed by atoms with Crippen LogP contribution in [0.1, 0.15) is 18.4 Å². The maximum absolute atomic E-state index is 9.34. The number of rotatable bonds is 2. The zero-order valence-electron chi connectivity index (χ0n) is 8.28. The summed E-state index contributed by atoms with van der Waals surface area (Å²) >= 11 is 2.06. The first kappa shape index (κ1) is 9.91. The molecule has 1 aliphatic heterocycles. The molecule has 1 N–H and O–H groups in total. The van der Waals surface area contributed by atoms with Gasteiger partial charge in [-0.3, -0.25) is 0 Å². The van der Waals surface area contributed by atoms with Gasteiger partial charge in [0.15, 0.2) is 0 Å². The van der Waals surface area contributed by atoms with E-state index in [2.05, 4.69) is 17.8 Å². The monoisotopic (exact) mass is 208 g/mol. The van der Waals surface area contributed by atoms with Gasteiger partial charge in [-0.1, -0.05) is 12.1 Å². The van der Waals surface area contributed by atoms with E-state index in [0.29, 0.717) is 5.75 Å². The summed E-state index contributed by atoms with van der Waals surface area (Å²) in [6.45, 7) is 0. The second kappa shape index (κ2) is 4.74. The van der Waals surface area contributed by atoms with Crippen LogP contribution in [0, 0.1) is 5.92 Å². The molecule has 1 aliphatic rings. The summed E-state index contributed by atoms with van der Waals surface area (Å²) in [4.78, 5) is 0. The van der Waals surface area contributed by atoms with Gasteiger partial charge < -0.3 is 5.11 Å². The van der Waals surface area contributed by atoms with Gasteiger partial charge in [0.05, 0.1) is 0 Å². The lowest BCUT2D eigenvalue weighted by Gasteiger charge is -2.21. The van der Waals surface area contributed by atoms with Crippen LogP contribution in [0.15, 0.2) is 24.3 Å². The molecule has 1 fully saturated rings. The quantitative estimate of drug-likeness (QED) is 0.806. The third-order valence-corrected chi connectivity index (χ3v) is 3.97. The SMILES string of the molecule is Oc1cccc(CC2CCCSC2)c1. The van der Waals surface area contributed by atoms with E-state index in [1.807, 2.05) is 12.1 Å². The van der Waals surface area contributed by atoms with Crippen LogP contribution in [0.4, 0.5) is 0 Å². The van der Waals surface area contributed by atoms with Crippen LogP contribution in [-0.2, 0) is 6.42 Å². The molecule has 0 radical (unpaired) electrons. The number of phenolic OH excluding ortho intramolecular Hbond substituents is 1. The van der Waals surface area contributed by atoms with Gasteiger partial charge in [-0.25, -0.2) is 0 Å². The Bertz CT molecular complexity index is 292. The van der Waals surface area contributed by atoms with Crippen LogP contribution >= 0.6 is 11.8 Å².